The van der Waals surface area contributed by atoms with E-state index in [2.05, 4.69) is 32.0 Å². The summed E-state index contributed by atoms with van der Waals surface area (Å²) in [7, 11) is 0. The zero-order chi connectivity index (χ0) is 5.28. The van der Waals surface area contributed by atoms with E-state index in [1.54, 1.807) is 0 Å². The zero-order valence-corrected chi connectivity index (χ0v) is 6.79. The standard InChI is InChI=1S/C7H9.Ti/c1-6-4-3-5-7(6)2;/h3-5H,1-2H3;/q-1;. The first kappa shape index (κ1) is 8.06. The smallest absolute Gasteiger partial charge is 0 e. The Bertz CT molecular complexity index is 137. The first-order valence-corrected chi connectivity index (χ1v) is 2.49. The summed E-state index contributed by atoms with van der Waals surface area (Å²) in [5.41, 5.74) is 2.78. The fraction of sp³-hybridized carbons (Fsp3) is 0.286. The van der Waals surface area contributed by atoms with Crippen molar-refractivity contribution in [1.82, 2.24) is 0 Å². The summed E-state index contributed by atoms with van der Waals surface area (Å²) < 4.78 is 0. The van der Waals surface area contributed by atoms with Gasteiger partial charge in [-0.1, -0.05) is 13.8 Å². The predicted octanol–water partition coefficient (Wildman–Crippen LogP) is 2.02. The second-order valence-electron chi connectivity index (χ2n) is 1.89. The van der Waals surface area contributed by atoms with Crippen LogP contribution in [0, 0.1) is 13.8 Å². The number of rotatable bonds is 0. The molecule has 0 fully saturated rings. The number of hydrogen-bond acceptors (Lipinski definition) is 0. The van der Waals surface area contributed by atoms with E-state index >= 15 is 0 Å². The molecule has 42 valence electrons. The Morgan fingerprint density at radius 2 is 2.12 bits per heavy atom. The maximum absolute atomic E-state index is 2.12. The van der Waals surface area contributed by atoms with E-state index in [1.807, 2.05) is 0 Å². The van der Waals surface area contributed by atoms with Crippen molar-refractivity contribution in [3.63, 3.8) is 0 Å². The second kappa shape index (κ2) is 3.16. The largest absolute Gasteiger partial charge is 0.213 e. The molecule has 1 rings (SSSR count). The topological polar surface area (TPSA) is 0 Å². The average Bonchev–Trinajstić information content (AvgIpc) is 1.91. The molecule has 0 N–H and O–H groups in total. The van der Waals surface area contributed by atoms with Gasteiger partial charge in [0.15, 0.2) is 0 Å². The van der Waals surface area contributed by atoms with Crippen molar-refractivity contribution in [2.45, 2.75) is 13.8 Å². The van der Waals surface area contributed by atoms with Gasteiger partial charge in [0.1, 0.15) is 0 Å². The van der Waals surface area contributed by atoms with Gasteiger partial charge in [-0.15, -0.1) is 0 Å². The normalized spacial score (nSPS) is 8.25. The van der Waals surface area contributed by atoms with Crippen LogP contribution in [0.15, 0.2) is 18.2 Å². The maximum atomic E-state index is 2.12. The third-order valence-corrected chi connectivity index (χ3v) is 1.31. The molecule has 0 aliphatic heterocycles. The average molecular weight is 141 g/mol. The van der Waals surface area contributed by atoms with E-state index in [0.29, 0.717) is 0 Å². The minimum atomic E-state index is 0. The van der Waals surface area contributed by atoms with Gasteiger partial charge in [0.2, 0.25) is 0 Å². The van der Waals surface area contributed by atoms with E-state index in [1.165, 1.54) is 11.1 Å². The van der Waals surface area contributed by atoms with Gasteiger partial charge >= 0.3 is 0 Å². The van der Waals surface area contributed by atoms with Crippen LogP contribution in [0.5, 0.6) is 0 Å². The third kappa shape index (κ3) is 1.54. The van der Waals surface area contributed by atoms with Crippen LogP contribution in [-0.2, 0) is 21.7 Å². The van der Waals surface area contributed by atoms with Gasteiger partial charge in [-0.25, -0.2) is 12.1 Å². The molecule has 1 aromatic rings. The van der Waals surface area contributed by atoms with Crippen LogP contribution in [0.25, 0.3) is 0 Å². The summed E-state index contributed by atoms with van der Waals surface area (Å²) in [5, 5.41) is 0. The molecular formula is C7H9Ti-. The second-order valence-corrected chi connectivity index (χ2v) is 1.89. The molecule has 0 saturated heterocycles. The Kier molecular flexibility index (Phi) is 3.19. The van der Waals surface area contributed by atoms with Gasteiger partial charge in [-0.2, -0.15) is 17.2 Å². The molecule has 0 heterocycles. The molecule has 0 atom stereocenters. The summed E-state index contributed by atoms with van der Waals surface area (Å²) in [6, 6.07) is 6.31. The Labute approximate surface area is 65.2 Å². The fourth-order valence-electron chi connectivity index (χ4n) is 0.600. The van der Waals surface area contributed by atoms with E-state index < -0.39 is 0 Å². The number of aryl methyl sites for hydroxylation is 2. The van der Waals surface area contributed by atoms with Crippen molar-refractivity contribution < 1.29 is 21.7 Å². The minimum Gasteiger partial charge on any atom is -0.213 e. The molecule has 0 unspecified atom stereocenters. The monoisotopic (exact) mass is 141 g/mol. The van der Waals surface area contributed by atoms with Crippen LogP contribution in [0.4, 0.5) is 0 Å². The summed E-state index contributed by atoms with van der Waals surface area (Å²) in [4.78, 5) is 0. The maximum Gasteiger partial charge on any atom is 0 e. The van der Waals surface area contributed by atoms with Crippen molar-refractivity contribution in [3.05, 3.63) is 29.3 Å². The molecule has 0 nitrogen and oxygen atoms in total. The van der Waals surface area contributed by atoms with Crippen molar-refractivity contribution in [2.75, 3.05) is 0 Å². The van der Waals surface area contributed by atoms with Crippen LogP contribution in [0.2, 0.25) is 0 Å². The van der Waals surface area contributed by atoms with E-state index in [-0.39, 0.29) is 21.7 Å². The van der Waals surface area contributed by atoms with E-state index in [9.17, 15) is 0 Å². The van der Waals surface area contributed by atoms with Crippen LogP contribution in [0.3, 0.4) is 0 Å². The van der Waals surface area contributed by atoms with Gasteiger partial charge < -0.3 is 0 Å². The van der Waals surface area contributed by atoms with Gasteiger partial charge in [-0.3, -0.25) is 0 Å². The minimum absolute atomic E-state index is 0. The van der Waals surface area contributed by atoms with Gasteiger partial charge in [0.25, 0.3) is 0 Å². The van der Waals surface area contributed by atoms with Crippen molar-refractivity contribution in [1.29, 1.82) is 0 Å². The molecule has 0 aromatic heterocycles. The summed E-state index contributed by atoms with van der Waals surface area (Å²) >= 11 is 0. The molecule has 0 radical (unpaired) electrons. The van der Waals surface area contributed by atoms with Crippen LogP contribution < -0.4 is 0 Å². The molecule has 0 spiro atoms. The Morgan fingerprint density at radius 1 is 1.50 bits per heavy atom. The molecule has 1 aromatic carbocycles. The van der Waals surface area contributed by atoms with Crippen LogP contribution >= 0.6 is 0 Å². The van der Waals surface area contributed by atoms with Crippen molar-refractivity contribution >= 4 is 0 Å². The van der Waals surface area contributed by atoms with E-state index in [4.69, 9.17) is 0 Å². The number of hydrogen-bond donors (Lipinski definition) is 0. The Hall–Kier alpha value is 0.0643. The van der Waals surface area contributed by atoms with Crippen molar-refractivity contribution in [3.8, 4) is 0 Å². The Balaban J connectivity index is 0.000000490. The zero-order valence-electron chi connectivity index (χ0n) is 5.23. The Morgan fingerprint density at radius 3 is 2.25 bits per heavy atom. The summed E-state index contributed by atoms with van der Waals surface area (Å²) in [5.74, 6) is 0. The van der Waals surface area contributed by atoms with Crippen LogP contribution in [-0.4, -0.2) is 0 Å². The molecule has 0 saturated carbocycles. The molecule has 1 heteroatoms. The van der Waals surface area contributed by atoms with Crippen molar-refractivity contribution in [2.24, 2.45) is 0 Å². The first-order chi connectivity index (χ1) is 3.30. The summed E-state index contributed by atoms with van der Waals surface area (Å²) in [6.45, 7) is 4.24. The van der Waals surface area contributed by atoms with Gasteiger partial charge in [-0.05, 0) is 0 Å². The third-order valence-electron chi connectivity index (χ3n) is 1.31. The van der Waals surface area contributed by atoms with E-state index in [0.717, 1.165) is 0 Å². The predicted molar refractivity (Wildman–Crippen MR) is 31.5 cm³/mol. The quantitative estimate of drug-likeness (QED) is 0.383. The molecule has 8 heavy (non-hydrogen) atoms. The van der Waals surface area contributed by atoms with Gasteiger partial charge in [0.05, 0.1) is 0 Å². The molecule has 0 amide bonds. The molecule has 0 aliphatic rings. The SMILES string of the molecule is Cc1ccc[c-]1C.[Ti]. The molecule has 0 aliphatic carbocycles. The molecule has 0 bridgehead atoms. The molecular weight excluding hydrogens is 132 g/mol. The fourth-order valence-corrected chi connectivity index (χ4v) is 0.600. The first-order valence-electron chi connectivity index (χ1n) is 2.49. The van der Waals surface area contributed by atoms with Crippen LogP contribution in [0.1, 0.15) is 11.1 Å². The summed E-state index contributed by atoms with van der Waals surface area (Å²) in [6.07, 6.45) is 0. The van der Waals surface area contributed by atoms with Gasteiger partial charge in [0, 0.05) is 21.7 Å².